The Kier molecular flexibility index (Phi) is 3.51. The molecular weight excluding hydrogens is 290 g/mol. The van der Waals surface area contributed by atoms with Crippen LogP contribution in [0.1, 0.15) is 30.3 Å². The number of carbonyl (C=O) groups excluding carboxylic acids is 2. The molecule has 1 aromatic heterocycles. The van der Waals surface area contributed by atoms with Crippen molar-refractivity contribution in [3.8, 4) is 0 Å². The first kappa shape index (κ1) is 12.2. The van der Waals surface area contributed by atoms with Crippen LogP contribution in [-0.2, 0) is 9.53 Å². The molecule has 1 aliphatic carbocycles. The van der Waals surface area contributed by atoms with Gasteiger partial charge in [-0.25, -0.2) is 4.79 Å². The molecule has 1 saturated carbocycles. The molecule has 2 rings (SSSR count). The fourth-order valence-electron chi connectivity index (χ4n) is 1.24. The monoisotopic (exact) mass is 301 g/mol. The van der Waals surface area contributed by atoms with Crippen LogP contribution in [0, 0.1) is 0 Å². The molecule has 1 aromatic rings. The van der Waals surface area contributed by atoms with Gasteiger partial charge in [-0.2, -0.15) is 0 Å². The third-order valence-electron chi connectivity index (χ3n) is 2.35. The number of esters is 1. The van der Waals surface area contributed by atoms with Crippen molar-refractivity contribution >= 4 is 27.8 Å². The van der Waals surface area contributed by atoms with E-state index >= 15 is 0 Å². The van der Waals surface area contributed by atoms with Crippen LogP contribution in [-0.4, -0.2) is 24.0 Å². The molecule has 1 fully saturated rings. The van der Waals surface area contributed by atoms with Gasteiger partial charge in [-0.05, 0) is 47.8 Å². The number of furan rings is 1. The van der Waals surface area contributed by atoms with E-state index in [2.05, 4.69) is 21.2 Å². The second kappa shape index (κ2) is 4.91. The maximum Gasteiger partial charge on any atom is 0.375 e. The van der Waals surface area contributed by atoms with Crippen LogP contribution in [0.15, 0.2) is 21.2 Å². The highest BCUT2D eigenvalue weighted by Crippen LogP contribution is 2.19. The van der Waals surface area contributed by atoms with Gasteiger partial charge in [-0.15, -0.1) is 0 Å². The van der Waals surface area contributed by atoms with Gasteiger partial charge in [-0.1, -0.05) is 0 Å². The van der Waals surface area contributed by atoms with Crippen molar-refractivity contribution in [2.45, 2.75) is 31.9 Å². The molecule has 0 aromatic carbocycles. The van der Waals surface area contributed by atoms with Crippen LogP contribution in [0.25, 0.3) is 0 Å². The summed E-state index contributed by atoms with van der Waals surface area (Å²) in [7, 11) is 0. The average molecular weight is 302 g/mol. The first-order valence-electron chi connectivity index (χ1n) is 5.33. The second-order valence-electron chi connectivity index (χ2n) is 3.93. The molecule has 1 atom stereocenters. The molecular formula is C11H12BrNO4. The third kappa shape index (κ3) is 3.33. The number of rotatable bonds is 4. The maximum absolute atomic E-state index is 11.6. The van der Waals surface area contributed by atoms with Gasteiger partial charge in [0, 0.05) is 6.04 Å². The fourth-order valence-corrected chi connectivity index (χ4v) is 1.55. The van der Waals surface area contributed by atoms with Gasteiger partial charge in [0.15, 0.2) is 10.8 Å². The molecule has 0 aliphatic heterocycles. The van der Waals surface area contributed by atoms with Gasteiger partial charge in [-0.3, -0.25) is 4.79 Å². The summed E-state index contributed by atoms with van der Waals surface area (Å²) in [6.45, 7) is 1.54. The van der Waals surface area contributed by atoms with Crippen molar-refractivity contribution in [1.29, 1.82) is 0 Å². The highest BCUT2D eigenvalue weighted by Gasteiger charge is 2.27. The van der Waals surface area contributed by atoms with Gasteiger partial charge < -0.3 is 14.5 Å². The molecule has 92 valence electrons. The van der Waals surface area contributed by atoms with Crippen LogP contribution in [0.2, 0.25) is 0 Å². The number of amides is 1. The van der Waals surface area contributed by atoms with Crippen molar-refractivity contribution in [2.24, 2.45) is 0 Å². The number of halogens is 1. The third-order valence-corrected chi connectivity index (χ3v) is 2.78. The van der Waals surface area contributed by atoms with Crippen LogP contribution < -0.4 is 5.32 Å². The van der Waals surface area contributed by atoms with E-state index in [-0.39, 0.29) is 17.7 Å². The minimum atomic E-state index is -0.813. The van der Waals surface area contributed by atoms with E-state index < -0.39 is 12.1 Å². The minimum absolute atomic E-state index is 0.0722. The quantitative estimate of drug-likeness (QED) is 0.862. The molecule has 0 saturated heterocycles. The van der Waals surface area contributed by atoms with Crippen LogP contribution in [0.3, 0.4) is 0 Å². The summed E-state index contributed by atoms with van der Waals surface area (Å²) in [5.74, 6) is -0.844. The topological polar surface area (TPSA) is 68.5 Å². The van der Waals surface area contributed by atoms with Gasteiger partial charge in [0.2, 0.25) is 5.76 Å². The van der Waals surface area contributed by atoms with Gasteiger partial charge in [0.25, 0.3) is 5.91 Å². The molecule has 6 heteroatoms. The number of nitrogens with one attached hydrogen (secondary N) is 1. The lowest BCUT2D eigenvalue weighted by molar-refractivity contribution is -0.129. The summed E-state index contributed by atoms with van der Waals surface area (Å²) in [4.78, 5) is 23.1. The lowest BCUT2D eigenvalue weighted by atomic mass is 10.3. The molecule has 1 heterocycles. The predicted molar refractivity (Wildman–Crippen MR) is 62.5 cm³/mol. The lowest BCUT2D eigenvalue weighted by Gasteiger charge is -2.11. The summed E-state index contributed by atoms with van der Waals surface area (Å²) in [5.41, 5.74) is 0. The van der Waals surface area contributed by atoms with Gasteiger partial charge >= 0.3 is 5.97 Å². The van der Waals surface area contributed by atoms with E-state index in [0.717, 1.165) is 12.8 Å². The maximum atomic E-state index is 11.6. The van der Waals surface area contributed by atoms with Crippen molar-refractivity contribution in [2.75, 3.05) is 0 Å². The first-order valence-corrected chi connectivity index (χ1v) is 6.12. The molecule has 17 heavy (non-hydrogen) atoms. The standard InChI is InChI=1S/C11H12BrNO4/c1-6(10(14)13-7-2-3-7)16-11(15)8-4-5-9(12)17-8/h4-7H,2-3H2,1H3,(H,13,14)/t6-/m1/s1. The summed E-state index contributed by atoms with van der Waals surface area (Å²) in [5, 5.41) is 2.76. The number of ether oxygens (including phenoxy) is 1. The van der Waals surface area contributed by atoms with Crippen LogP contribution >= 0.6 is 15.9 Å². The fraction of sp³-hybridized carbons (Fsp3) is 0.455. The molecule has 0 radical (unpaired) electrons. The molecule has 1 amide bonds. The van der Waals surface area contributed by atoms with E-state index in [1.54, 1.807) is 6.07 Å². The van der Waals surface area contributed by atoms with E-state index in [9.17, 15) is 9.59 Å². The highest BCUT2D eigenvalue weighted by atomic mass is 79.9. The van der Waals surface area contributed by atoms with Crippen molar-refractivity contribution < 1.29 is 18.7 Å². The molecule has 0 bridgehead atoms. The Morgan fingerprint density at radius 1 is 1.53 bits per heavy atom. The van der Waals surface area contributed by atoms with E-state index in [0.29, 0.717) is 4.67 Å². The largest absolute Gasteiger partial charge is 0.447 e. The van der Waals surface area contributed by atoms with E-state index in [1.807, 2.05) is 0 Å². The Balaban J connectivity index is 1.86. The van der Waals surface area contributed by atoms with Gasteiger partial charge in [0.05, 0.1) is 0 Å². The smallest absolute Gasteiger partial charge is 0.375 e. The normalized spacial score (nSPS) is 16.4. The lowest BCUT2D eigenvalue weighted by Crippen LogP contribution is -2.37. The van der Waals surface area contributed by atoms with Crippen molar-refractivity contribution in [3.63, 3.8) is 0 Å². The average Bonchev–Trinajstić information content (AvgIpc) is 2.97. The number of hydrogen-bond donors (Lipinski definition) is 1. The first-order chi connectivity index (χ1) is 8.06. The Morgan fingerprint density at radius 2 is 2.24 bits per heavy atom. The summed E-state index contributed by atoms with van der Waals surface area (Å²) in [6.07, 6.45) is 1.18. The van der Waals surface area contributed by atoms with E-state index in [1.165, 1.54) is 13.0 Å². The number of carbonyl (C=O) groups is 2. The van der Waals surface area contributed by atoms with Gasteiger partial charge in [0.1, 0.15) is 0 Å². The van der Waals surface area contributed by atoms with Crippen molar-refractivity contribution in [1.82, 2.24) is 5.32 Å². The zero-order chi connectivity index (χ0) is 12.4. The highest BCUT2D eigenvalue weighted by molar-refractivity contribution is 9.10. The molecule has 5 nitrogen and oxygen atoms in total. The summed E-state index contributed by atoms with van der Waals surface area (Å²) in [6, 6.07) is 3.32. The van der Waals surface area contributed by atoms with Crippen molar-refractivity contribution in [3.05, 3.63) is 22.6 Å². The van der Waals surface area contributed by atoms with Crippen LogP contribution in [0.5, 0.6) is 0 Å². The predicted octanol–water partition coefficient (Wildman–Crippen LogP) is 1.87. The Morgan fingerprint density at radius 3 is 2.76 bits per heavy atom. The Labute approximate surface area is 107 Å². The molecule has 0 spiro atoms. The van der Waals surface area contributed by atoms with Crippen LogP contribution in [0.4, 0.5) is 0 Å². The summed E-state index contributed by atoms with van der Waals surface area (Å²) >= 11 is 3.08. The Bertz CT molecular complexity index is 438. The number of hydrogen-bond acceptors (Lipinski definition) is 4. The molecule has 0 unspecified atom stereocenters. The minimum Gasteiger partial charge on any atom is -0.447 e. The van der Waals surface area contributed by atoms with E-state index in [4.69, 9.17) is 9.15 Å². The SMILES string of the molecule is C[C@@H](OC(=O)c1ccc(Br)o1)C(=O)NC1CC1. The molecule has 1 aliphatic rings. The Hall–Kier alpha value is -1.30. The zero-order valence-corrected chi connectivity index (χ0v) is 10.8. The molecule has 1 N–H and O–H groups in total. The second-order valence-corrected chi connectivity index (χ2v) is 4.72. The zero-order valence-electron chi connectivity index (χ0n) is 9.23. The summed E-state index contributed by atoms with van der Waals surface area (Å²) < 4.78 is 10.4.